The van der Waals surface area contributed by atoms with Gasteiger partial charge in [0.2, 0.25) is 0 Å². The molecule has 7 heteroatoms. The molecule has 1 amide bonds. The molecule has 7 nitrogen and oxygen atoms in total. The first kappa shape index (κ1) is 26.4. The van der Waals surface area contributed by atoms with Crippen molar-refractivity contribution >= 4 is 5.91 Å². The summed E-state index contributed by atoms with van der Waals surface area (Å²) in [4.78, 5) is 29.3. The van der Waals surface area contributed by atoms with Crippen LogP contribution >= 0.6 is 0 Å². The lowest BCUT2D eigenvalue weighted by Crippen LogP contribution is -2.59. The number of hydrogen-bond acceptors (Lipinski definition) is 5. The van der Waals surface area contributed by atoms with Gasteiger partial charge in [-0.05, 0) is 32.3 Å². The highest BCUT2D eigenvalue weighted by Crippen LogP contribution is 2.33. The minimum atomic E-state index is -0.262. The van der Waals surface area contributed by atoms with E-state index < -0.39 is 0 Å². The third-order valence-corrected chi connectivity index (χ3v) is 8.00. The molecule has 1 aromatic heterocycles. The molecule has 1 N–H and O–H groups in total. The number of pyridine rings is 1. The summed E-state index contributed by atoms with van der Waals surface area (Å²) in [5.74, 6) is 0.534. The minimum absolute atomic E-state index is 0.0660. The zero-order valence-electron chi connectivity index (χ0n) is 22.1. The van der Waals surface area contributed by atoms with Crippen LogP contribution in [-0.4, -0.2) is 60.9 Å². The van der Waals surface area contributed by atoms with Crippen LogP contribution in [0.2, 0.25) is 0 Å². The molecule has 2 heterocycles. The number of nitrogens with one attached hydrogen (secondary N) is 1. The number of carbonyl (C=O) groups excluding carboxylic acids is 1. The van der Waals surface area contributed by atoms with Gasteiger partial charge >= 0.3 is 0 Å². The summed E-state index contributed by atoms with van der Waals surface area (Å²) in [5.41, 5.74) is 2.61. The van der Waals surface area contributed by atoms with E-state index in [-0.39, 0.29) is 22.4 Å². The molecule has 0 radical (unpaired) electrons. The van der Waals surface area contributed by atoms with Gasteiger partial charge in [0, 0.05) is 48.2 Å². The Bertz CT molecular complexity index is 1100. The summed E-state index contributed by atoms with van der Waals surface area (Å²) < 4.78 is 13.2. The Morgan fingerprint density at radius 1 is 1.11 bits per heavy atom. The fourth-order valence-electron chi connectivity index (χ4n) is 6.03. The van der Waals surface area contributed by atoms with Crippen molar-refractivity contribution in [2.75, 3.05) is 40.0 Å². The number of para-hydroxylation sites is 1. The van der Waals surface area contributed by atoms with Crippen LogP contribution in [0.15, 0.2) is 35.1 Å². The lowest BCUT2D eigenvalue weighted by molar-refractivity contribution is -0.0281. The van der Waals surface area contributed by atoms with Gasteiger partial charge < -0.3 is 19.4 Å². The summed E-state index contributed by atoms with van der Waals surface area (Å²) in [6, 6.07) is 9.47. The monoisotopic (exact) mass is 495 g/mol. The second-order valence-corrected chi connectivity index (χ2v) is 10.1. The van der Waals surface area contributed by atoms with Gasteiger partial charge in [0.25, 0.3) is 5.91 Å². The van der Waals surface area contributed by atoms with Crippen molar-refractivity contribution in [3.05, 3.63) is 63.1 Å². The Morgan fingerprint density at radius 3 is 2.47 bits per heavy atom. The molecule has 1 saturated heterocycles. The van der Waals surface area contributed by atoms with E-state index in [0.29, 0.717) is 19.5 Å². The van der Waals surface area contributed by atoms with E-state index in [1.165, 1.54) is 25.7 Å². The smallest absolute Gasteiger partial charge is 0.257 e. The Kier molecular flexibility index (Phi) is 8.86. The molecule has 36 heavy (non-hydrogen) atoms. The molecular formula is C29H41N3O4. The Balaban J connectivity index is 1.62. The maximum absolute atomic E-state index is 13.6. The van der Waals surface area contributed by atoms with Crippen LogP contribution in [0.3, 0.4) is 0 Å². The molecule has 0 atom stereocenters. The van der Waals surface area contributed by atoms with Crippen LogP contribution in [0, 0.1) is 6.92 Å². The Labute approximate surface area is 214 Å². The first-order chi connectivity index (χ1) is 17.5. The highest BCUT2D eigenvalue weighted by molar-refractivity contribution is 5.95. The van der Waals surface area contributed by atoms with Crippen LogP contribution in [0.4, 0.5) is 0 Å². The average Bonchev–Trinajstić information content (AvgIpc) is 3.16. The maximum Gasteiger partial charge on any atom is 0.257 e. The summed E-state index contributed by atoms with van der Waals surface area (Å²) in [6.07, 6.45) is 7.55. The first-order valence-electron chi connectivity index (χ1n) is 13.5. The number of ether oxygens (including phenoxy) is 2. The second-order valence-electron chi connectivity index (χ2n) is 10.1. The Morgan fingerprint density at radius 2 is 1.81 bits per heavy atom. The molecule has 0 unspecified atom stereocenters. The molecule has 2 fully saturated rings. The molecule has 1 aromatic carbocycles. The van der Waals surface area contributed by atoms with E-state index in [1.54, 1.807) is 13.2 Å². The zero-order valence-corrected chi connectivity index (χ0v) is 22.1. The van der Waals surface area contributed by atoms with Crippen LogP contribution < -0.4 is 15.5 Å². The molecule has 1 saturated carbocycles. The number of carbonyl (C=O) groups is 1. The van der Waals surface area contributed by atoms with Crippen LogP contribution in [-0.2, 0) is 17.7 Å². The van der Waals surface area contributed by atoms with E-state index >= 15 is 0 Å². The van der Waals surface area contributed by atoms with E-state index in [1.807, 2.05) is 38.1 Å². The minimum Gasteiger partial charge on any atom is -0.496 e. The van der Waals surface area contributed by atoms with Crippen molar-refractivity contribution < 1.29 is 14.3 Å². The number of nitrogens with zero attached hydrogens (tertiary/aromatic N) is 2. The van der Waals surface area contributed by atoms with Gasteiger partial charge in [-0.1, -0.05) is 50.8 Å². The average molecular weight is 496 g/mol. The third-order valence-electron chi connectivity index (χ3n) is 8.00. The number of benzene rings is 1. The van der Waals surface area contributed by atoms with E-state index in [2.05, 4.69) is 14.8 Å². The quantitative estimate of drug-likeness (QED) is 0.562. The van der Waals surface area contributed by atoms with Crippen LogP contribution in [0.25, 0.3) is 0 Å². The number of hydrogen-bond donors (Lipinski definition) is 1. The zero-order chi connectivity index (χ0) is 25.5. The molecular weight excluding hydrogens is 454 g/mol. The standard InChI is InChI=1S/C29H41N3O4/c1-4-24-27(25(33)19-22(2)32(24)20-23-11-7-8-12-26(23)35-3)28(34)30-21-29(13-9-5-6-10-14-29)31-15-17-36-18-16-31/h7-8,11-12,19H,4-6,9-10,13-18,20-21H2,1-3H3,(H,30,34). The number of morpholine rings is 1. The van der Waals surface area contributed by atoms with Gasteiger partial charge in [0.15, 0.2) is 5.43 Å². The molecule has 1 aliphatic heterocycles. The SMILES string of the molecule is CCc1c(C(=O)NCC2(N3CCOCC3)CCCCCC2)c(=O)cc(C)n1Cc1ccccc1OC. The number of amides is 1. The lowest BCUT2D eigenvalue weighted by Gasteiger charge is -2.45. The van der Waals surface area contributed by atoms with Crippen molar-refractivity contribution in [2.24, 2.45) is 0 Å². The third kappa shape index (κ3) is 5.68. The summed E-state index contributed by atoms with van der Waals surface area (Å²) in [6.45, 7) is 8.30. The van der Waals surface area contributed by atoms with Gasteiger partial charge in [0.1, 0.15) is 11.3 Å². The maximum atomic E-state index is 13.6. The van der Waals surface area contributed by atoms with Crippen molar-refractivity contribution in [1.82, 2.24) is 14.8 Å². The van der Waals surface area contributed by atoms with Gasteiger partial charge in [0.05, 0.1) is 26.9 Å². The lowest BCUT2D eigenvalue weighted by atomic mass is 9.87. The summed E-state index contributed by atoms with van der Waals surface area (Å²) >= 11 is 0. The number of aryl methyl sites for hydroxylation is 1. The first-order valence-corrected chi connectivity index (χ1v) is 13.5. The van der Waals surface area contributed by atoms with Crippen molar-refractivity contribution in [1.29, 1.82) is 0 Å². The van der Waals surface area contributed by atoms with Crippen LogP contribution in [0.5, 0.6) is 5.75 Å². The highest BCUT2D eigenvalue weighted by atomic mass is 16.5. The molecule has 0 bridgehead atoms. The largest absolute Gasteiger partial charge is 0.496 e. The number of rotatable bonds is 8. The molecule has 0 spiro atoms. The predicted molar refractivity (Wildman–Crippen MR) is 142 cm³/mol. The van der Waals surface area contributed by atoms with Crippen LogP contribution in [0.1, 0.15) is 72.8 Å². The van der Waals surface area contributed by atoms with Crippen molar-refractivity contribution in [3.8, 4) is 5.75 Å². The number of aromatic nitrogens is 1. The predicted octanol–water partition coefficient (Wildman–Crippen LogP) is 3.93. The second kappa shape index (κ2) is 12.1. The van der Waals surface area contributed by atoms with E-state index in [9.17, 15) is 9.59 Å². The van der Waals surface area contributed by atoms with Gasteiger partial charge in [-0.3, -0.25) is 14.5 Å². The number of methoxy groups -OCH3 is 1. The molecule has 2 aliphatic rings. The molecule has 4 rings (SSSR count). The molecule has 1 aliphatic carbocycles. The molecule has 2 aromatic rings. The summed E-state index contributed by atoms with van der Waals surface area (Å²) in [7, 11) is 1.66. The van der Waals surface area contributed by atoms with E-state index in [0.717, 1.165) is 61.8 Å². The Hall–Kier alpha value is -2.64. The normalized spacial score (nSPS) is 18.4. The van der Waals surface area contributed by atoms with Gasteiger partial charge in [-0.15, -0.1) is 0 Å². The van der Waals surface area contributed by atoms with Gasteiger partial charge in [-0.25, -0.2) is 0 Å². The highest BCUT2D eigenvalue weighted by Gasteiger charge is 2.38. The fourth-order valence-corrected chi connectivity index (χ4v) is 6.03. The van der Waals surface area contributed by atoms with Crippen molar-refractivity contribution in [2.45, 2.75) is 70.9 Å². The fraction of sp³-hybridized carbons (Fsp3) is 0.586. The van der Waals surface area contributed by atoms with Crippen molar-refractivity contribution in [3.63, 3.8) is 0 Å². The van der Waals surface area contributed by atoms with E-state index in [4.69, 9.17) is 9.47 Å². The van der Waals surface area contributed by atoms with Gasteiger partial charge in [-0.2, -0.15) is 0 Å². The summed E-state index contributed by atoms with van der Waals surface area (Å²) in [5, 5.41) is 3.22. The topological polar surface area (TPSA) is 72.8 Å². The molecule has 196 valence electrons.